The summed E-state index contributed by atoms with van der Waals surface area (Å²) in [7, 11) is 0. The Hall–Kier alpha value is -1.84. The van der Waals surface area contributed by atoms with Crippen molar-refractivity contribution in [3.8, 4) is 0 Å². The molecule has 1 saturated carbocycles. The lowest BCUT2D eigenvalue weighted by Gasteiger charge is -2.21. The minimum Gasteiger partial charge on any atom is -0.462 e. The molecule has 0 unspecified atom stereocenters. The van der Waals surface area contributed by atoms with Crippen LogP contribution in [0.25, 0.3) is 0 Å². The first-order valence-electron chi connectivity index (χ1n) is 7.69. The summed E-state index contributed by atoms with van der Waals surface area (Å²) in [5, 5.41) is 2.75. The average Bonchev–Trinajstić information content (AvgIpc) is 2.48. The Balaban J connectivity index is 1.68. The zero-order chi connectivity index (χ0) is 15.1. The number of carbonyl (C=O) groups is 2. The Labute approximate surface area is 125 Å². The quantitative estimate of drug-likeness (QED) is 0.848. The van der Waals surface area contributed by atoms with Gasteiger partial charge in [-0.3, -0.25) is 9.59 Å². The van der Waals surface area contributed by atoms with Gasteiger partial charge in [-0.25, -0.2) is 0 Å². The summed E-state index contributed by atoms with van der Waals surface area (Å²) in [6, 6.07) is 7.39. The molecule has 0 spiro atoms. The molecule has 114 valence electrons. The summed E-state index contributed by atoms with van der Waals surface area (Å²) in [5.74, 6) is -0.365. The molecule has 0 radical (unpaired) electrons. The molecule has 0 aromatic heterocycles. The van der Waals surface area contributed by atoms with Crippen LogP contribution in [0.15, 0.2) is 24.3 Å². The molecule has 1 fully saturated rings. The van der Waals surface area contributed by atoms with E-state index in [0.29, 0.717) is 12.1 Å². The number of nitrogens with one attached hydrogen (secondary N) is 1. The number of aryl methyl sites for hydroxylation is 1. The van der Waals surface area contributed by atoms with Crippen LogP contribution in [0.5, 0.6) is 0 Å². The van der Waals surface area contributed by atoms with E-state index in [1.807, 2.05) is 25.1 Å². The molecule has 0 aliphatic heterocycles. The summed E-state index contributed by atoms with van der Waals surface area (Å²) < 4.78 is 5.41. The predicted octanol–water partition coefficient (Wildman–Crippen LogP) is 2.99. The topological polar surface area (TPSA) is 55.4 Å². The van der Waals surface area contributed by atoms with Gasteiger partial charge in [-0.15, -0.1) is 0 Å². The second kappa shape index (κ2) is 7.81. The highest BCUT2D eigenvalue weighted by Crippen LogP contribution is 2.20. The fourth-order valence-electron chi connectivity index (χ4n) is 2.59. The largest absolute Gasteiger partial charge is 0.462 e. The third-order valence-corrected chi connectivity index (χ3v) is 3.75. The van der Waals surface area contributed by atoms with E-state index < -0.39 is 0 Å². The normalized spacial score (nSPS) is 15.5. The van der Waals surface area contributed by atoms with Gasteiger partial charge in [0.2, 0.25) is 0 Å². The zero-order valence-electron chi connectivity index (χ0n) is 12.6. The summed E-state index contributed by atoms with van der Waals surface area (Å²) in [4.78, 5) is 23.6. The van der Waals surface area contributed by atoms with Crippen molar-refractivity contribution in [3.63, 3.8) is 0 Å². The number of hydrogen-bond acceptors (Lipinski definition) is 3. The Morgan fingerprint density at radius 2 is 2.00 bits per heavy atom. The van der Waals surface area contributed by atoms with Crippen LogP contribution in [-0.4, -0.2) is 24.5 Å². The highest BCUT2D eigenvalue weighted by Gasteiger charge is 2.17. The lowest BCUT2D eigenvalue weighted by molar-refractivity contribution is -0.150. The minimum absolute atomic E-state index is 0.0822. The Kier molecular flexibility index (Phi) is 5.78. The number of amides is 1. The molecule has 1 N–H and O–H groups in total. The van der Waals surface area contributed by atoms with E-state index >= 15 is 0 Å². The Morgan fingerprint density at radius 3 is 2.71 bits per heavy atom. The maximum absolute atomic E-state index is 11.9. The van der Waals surface area contributed by atoms with Crippen molar-refractivity contribution in [1.29, 1.82) is 0 Å². The van der Waals surface area contributed by atoms with Crippen LogP contribution in [-0.2, 0) is 9.53 Å². The van der Waals surface area contributed by atoms with Crippen LogP contribution in [0.2, 0.25) is 0 Å². The third-order valence-electron chi connectivity index (χ3n) is 3.75. The lowest BCUT2D eigenvalue weighted by atomic mass is 9.98. The molecule has 1 aromatic rings. The number of ether oxygens (including phenoxy) is 1. The van der Waals surface area contributed by atoms with E-state index in [2.05, 4.69) is 5.32 Å². The summed E-state index contributed by atoms with van der Waals surface area (Å²) >= 11 is 0. The molecule has 4 heteroatoms. The van der Waals surface area contributed by atoms with E-state index in [-0.39, 0.29) is 24.4 Å². The fourth-order valence-corrected chi connectivity index (χ4v) is 2.59. The molecule has 0 atom stereocenters. The van der Waals surface area contributed by atoms with Gasteiger partial charge in [0.25, 0.3) is 5.91 Å². The first-order valence-corrected chi connectivity index (χ1v) is 7.69. The smallest absolute Gasteiger partial charge is 0.307 e. The van der Waals surface area contributed by atoms with Crippen LogP contribution in [0.3, 0.4) is 0 Å². The second-order valence-electron chi connectivity index (χ2n) is 5.63. The van der Waals surface area contributed by atoms with E-state index in [0.717, 1.165) is 31.2 Å². The van der Waals surface area contributed by atoms with Crippen molar-refractivity contribution in [2.45, 2.75) is 51.6 Å². The van der Waals surface area contributed by atoms with Gasteiger partial charge in [-0.2, -0.15) is 0 Å². The molecule has 0 bridgehead atoms. The highest BCUT2D eigenvalue weighted by atomic mass is 16.5. The zero-order valence-corrected chi connectivity index (χ0v) is 12.6. The standard InChI is InChI=1S/C17H23NO3/c1-13-6-5-7-14(12-13)17(20)18-11-10-16(19)21-15-8-3-2-4-9-15/h5-7,12,15H,2-4,8-11H2,1H3,(H,18,20). The van der Waals surface area contributed by atoms with E-state index in [1.165, 1.54) is 6.42 Å². The number of rotatable bonds is 5. The van der Waals surface area contributed by atoms with Gasteiger partial charge >= 0.3 is 5.97 Å². The molecule has 1 aromatic carbocycles. The van der Waals surface area contributed by atoms with Gasteiger partial charge in [-0.1, -0.05) is 24.1 Å². The molecular weight excluding hydrogens is 266 g/mol. The van der Waals surface area contributed by atoms with Gasteiger partial charge in [-0.05, 0) is 44.7 Å². The van der Waals surface area contributed by atoms with Crippen LogP contribution < -0.4 is 5.32 Å². The number of esters is 1. The number of benzene rings is 1. The molecule has 4 nitrogen and oxygen atoms in total. The molecule has 0 heterocycles. The summed E-state index contributed by atoms with van der Waals surface area (Å²) in [6.07, 6.45) is 5.78. The fraction of sp³-hybridized carbons (Fsp3) is 0.529. The lowest BCUT2D eigenvalue weighted by Crippen LogP contribution is -2.28. The molecule has 2 rings (SSSR count). The SMILES string of the molecule is Cc1cccc(C(=O)NCCC(=O)OC2CCCCC2)c1. The van der Waals surface area contributed by atoms with Crippen molar-refractivity contribution >= 4 is 11.9 Å². The van der Waals surface area contributed by atoms with Gasteiger partial charge < -0.3 is 10.1 Å². The van der Waals surface area contributed by atoms with Gasteiger partial charge in [0, 0.05) is 12.1 Å². The monoisotopic (exact) mass is 289 g/mol. The molecule has 21 heavy (non-hydrogen) atoms. The summed E-state index contributed by atoms with van der Waals surface area (Å²) in [5.41, 5.74) is 1.66. The van der Waals surface area contributed by atoms with Crippen LogP contribution in [0.1, 0.15) is 54.4 Å². The molecule has 0 saturated heterocycles. The maximum atomic E-state index is 11.9. The molecule has 1 amide bonds. The van der Waals surface area contributed by atoms with Crippen molar-refractivity contribution in [3.05, 3.63) is 35.4 Å². The second-order valence-corrected chi connectivity index (χ2v) is 5.63. The average molecular weight is 289 g/mol. The van der Waals surface area contributed by atoms with E-state index in [9.17, 15) is 9.59 Å². The van der Waals surface area contributed by atoms with Crippen molar-refractivity contribution in [2.75, 3.05) is 6.54 Å². The van der Waals surface area contributed by atoms with Gasteiger partial charge in [0.1, 0.15) is 6.10 Å². The van der Waals surface area contributed by atoms with Crippen LogP contribution in [0, 0.1) is 6.92 Å². The minimum atomic E-state index is -0.216. The molecule has 1 aliphatic carbocycles. The third kappa shape index (κ3) is 5.21. The van der Waals surface area contributed by atoms with Crippen LogP contribution in [0.4, 0.5) is 0 Å². The Morgan fingerprint density at radius 1 is 1.24 bits per heavy atom. The highest BCUT2D eigenvalue weighted by molar-refractivity contribution is 5.94. The van der Waals surface area contributed by atoms with Crippen molar-refractivity contribution in [1.82, 2.24) is 5.32 Å². The first-order chi connectivity index (χ1) is 10.1. The van der Waals surface area contributed by atoms with Crippen molar-refractivity contribution < 1.29 is 14.3 Å². The first kappa shape index (κ1) is 15.5. The molecular formula is C17H23NO3. The van der Waals surface area contributed by atoms with Crippen LogP contribution >= 0.6 is 0 Å². The Bertz CT molecular complexity index is 493. The number of carbonyl (C=O) groups excluding carboxylic acids is 2. The molecule has 1 aliphatic rings. The summed E-state index contributed by atoms with van der Waals surface area (Å²) in [6.45, 7) is 2.26. The van der Waals surface area contributed by atoms with Gasteiger partial charge in [0.15, 0.2) is 0 Å². The number of hydrogen-bond donors (Lipinski definition) is 1. The van der Waals surface area contributed by atoms with Gasteiger partial charge in [0.05, 0.1) is 6.42 Å². The maximum Gasteiger partial charge on any atom is 0.307 e. The van der Waals surface area contributed by atoms with E-state index in [4.69, 9.17) is 4.74 Å². The predicted molar refractivity (Wildman–Crippen MR) is 81.1 cm³/mol. The van der Waals surface area contributed by atoms with Crippen molar-refractivity contribution in [2.24, 2.45) is 0 Å². The van der Waals surface area contributed by atoms with E-state index in [1.54, 1.807) is 6.07 Å².